The van der Waals surface area contributed by atoms with Crippen LogP contribution in [0.5, 0.6) is 0 Å². The van der Waals surface area contributed by atoms with Gasteiger partial charge in [0, 0.05) is 25.3 Å². The Bertz CT molecular complexity index is 977. The molecule has 0 fully saturated rings. The molecule has 28 heavy (non-hydrogen) atoms. The highest BCUT2D eigenvalue weighted by atomic mass is 32.1. The Labute approximate surface area is 174 Å². The van der Waals surface area contributed by atoms with Crippen molar-refractivity contribution < 1.29 is 4.79 Å². The van der Waals surface area contributed by atoms with E-state index in [2.05, 4.69) is 58.5 Å². The molecule has 8 heteroatoms. The van der Waals surface area contributed by atoms with Crippen LogP contribution in [0.3, 0.4) is 0 Å². The number of nitrogens with one attached hydrogen (secondary N) is 2. The van der Waals surface area contributed by atoms with Crippen molar-refractivity contribution >= 4 is 35.1 Å². The van der Waals surface area contributed by atoms with Gasteiger partial charge in [-0.2, -0.15) is 5.10 Å². The smallest absolute Gasteiger partial charge is 0.243 e. The zero-order valence-electron chi connectivity index (χ0n) is 16.3. The number of aryl methyl sites for hydroxylation is 1. The highest BCUT2D eigenvalue weighted by Gasteiger charge is 2.21. The lowest BCUT2D eigenvalue weighted by molar-refractivity contribution is -0.123. The van der Waals surface area contributed by atoms with Crippen LogP contribution in [-0.2, 0) is 4.79 Å². The second-order valence-electron chi connectivity index (χ2n) is 6.59. The summed E-state index contributed by atoms with van der Waals surface area (Å²) in [5, 5.41) is 12.1. The fourth-order valence-corrected chi connectivity index (χ4v) is 4.12. The number of likely N-dealkylation sites (N-methyl/N-ethyl adjacent to an activating group) is 1. The van der Waals surface area contributed by atoms with Crippen LogP contribution in [0.1, 0.15) is 25.5 Å². The van der Waals surface area contributed by atoms with E-state index in [0.29, 0.717) is 17.1 Å². The van der Waals surface area contributed by atoms with Crippen LogP contribution >= 0.6 is 23.6 Å². The molecule has 0 saturated carbocycles. The molecule has 0 saturated heterocycles. The molecule has 0 bridgehead atoms. The summed E-state index contributed by atoms with van der Waals surface area (Å²) in [5.41, 5.74) is 2.39. The quantitative estimate of drug-likeness (QED) is 0.542. The number of hydrogen-bond acceptors (Lipinski definition) is 5. The van der Waals surface area contributed by atoms with Crippen molar-refractivity contribution in [2.24, 2.45) is 0 Å². The first-order valence-corrected chi connectivity index (χ1v) is 10.6. The minimum atomic E-state index is -0.447. The molecule has 6 nitrogen and oxygen atoms in total. The number of hydrogen-bond donors (Lipinski definition) is 2. The Morgan fingerprint density at radius 2 is 2.21 bits per heavy atom. The predicted molar refractivity (Wildman–Crippen MR) is 118 cm³/mol. The number of carbonyl (C=O) groups excluding carboxylic acids is 1. The van der Waals surface area contributed by atoms with Crippen molar-refractivity contribution in [3.8, 4) is 10.7 Å². The van der Waals surface area contributed by atoms with E-state index in [1.807, 2.05) is 24.4 Å². The van der Waals surface area contributed by atoms with Gasteiger partial charge in [0.1, 0.15) is 6.04 Å². The van der Waals surface area contributed by atoms with Gasteiger partial charge in [0.25, 0.3) is 0 Å². The van der Waals surface area contributed by atoms with Gasteiger partial charge < -0.3 is 10.2 Å². The van der Waals surface area contributed by atoms with E-state index < -0.39 is 6.04 Å². The van der Waals surface area contributed by atoms with Gasteiger partial charge in [0.2, 0.25) is 5.91 Å². The maximum absolute atomic E-state index is 12.7. The molecule has 1 amide bonds. The van der Waals surface area contributed by atoms with E-state index in [9.17, 15) is 4.79 Å². The molecule has 148 valence electrons. The van der Waals surface area contributed by atoms with Gasteiger partial charge in [0.05, 0.1) is 4.88 Å². The summed E-state index contributed by atoms with van der Waals surface area (Å²) < 4.78 is 2.22. The number of anilines is 1. The van der Waals surface area contributed by atoms with Crippen LogP contribution < -0.4 is 10.2 Å². The van der Waals surface area contributed by atoms with Crippen LogP contribution in [0.4, 0.5) is 5.69 Å². The maximum Gasteiger partial charge on any atom is 0.243 e. The SMILES string of the molecule is CCN(CCNC(=O)C(C)n1c(-c2cccs2)n[nH]c1=S)c1cccc(C)c1. The number of benzene rings is 1. The van der Waals surface area contributed by atoms with Gasteiger partial charge in [-0.1, -0.05) is 18.2 Å². The second-order valence-corrected chi connectivity index (χ2v) is 7.92. The zero-order chi connectivity index (χ0) is 20.1. The topological polar surface area (TPSA) is 66.0 Å². The van der Waals surface area contributed by atoms with E-state index >= 15 is 0 Å². The standard InChI is InChI=1S/C20H25N5OS2/c1-4-24(16-8-5-7-14(2)13-16)11-10-21-19(26)15(3)25-18(22-23-20(25)27)17-9-6-12-28-17/h5-9,12-13,15H,4,10-11H2,1-3H3,(H,21,26)(H,23,27). The van der Waals surface area contributed by atoms with Crippen molar-refractivity contribution in [1.29, 1.82) is 0 Å². The average molecular weight is 416 g/mol. The highest BCUT2D eigenvalue weighted by molar-refractivity contribution is 7.71. The summed E-state index contributed by atoms with van der Waals surface area (Å²) in [6.07, 6.45) is 0. The lowest BCUT2D eigenvalue weighted by atomic mass is 10.2. The number of amides is 1. The van der Waals surface area contributed by atoms with Gasteiger partial charge in [-0.3, -0.25) is 14.5 Å². The van der Waals surface area contributed by atoms with Gasteiger partial charge in [-0.05, 0) is 62.1 Å². The molecule has 3 rings (SSSR count). The van der Waals surface area contributed by atoms with Crippen LogP contribution in [0.25, 0.3) is 10.7 Å². The highest BCUT2D eigenvalue weighted by Crippen LogP contribution is 2.25. The van der Waals surface area contributed by atoms with E-state index in [1.54, 1.807) is 15.9 Å². The molecule has 0 spiro atoms. The first kappa shape index (κ1) is 20.3. The molecular weight excluding hydrogens is 390 g/mol. The number of nitrogens with zero attached hydrogens (tertiary/aromatic N) is 3. The molecule has 1 atom stereocenters. The maximum atomic E-state index is 12.7. The number of carbonyl (C=O) groups is 1. The molecule has 2 N–H and O–H groups in total. The first-order chi connectivity index (χ1) is 13.5. The van der Waals surface area contributed by atoms with Crippen LogP contribution in [0.15, 0.2) is 41.8 Å². The largest absolute Gasteiger partial charge is 0.370 e. The van der Waals surface area contributed by atoms with Crippen molar-refractivity contribution in [2.45, 2.75) is 26.8 Å². The van der Waals surface area contributed by atoms with E-state index in [-0.39, 0.29) is 5.91 Å². The molecule has 0 aliphatic rings. The Kier molecular flexibility index (Phi) is 6.64. The summed E-state index contributed by atoms with van der Waals surface area (Å²) in [6.45, 7) is 8.23. The molecule has 0 aliphatic heterocycles. The number of thiophene rings is 1. The summed E-state index contributed by atoms with van der Waals surface area (Å²) in [5.74, 6) is 0.619. The van der Waals surface area contributed by atoms with E-state index in [1.165, 1.54) is 11.3 Å². The van der Waals surface area contributed by atoms with Gasteiger partial charge in [0.15, 0.2) is 10.6 Å². The fourth-order valence-electron chi connectivity index (χ4n) is 3.12. The molecule has 1 aromatic carbocycles. The molecule has 3 aromatic rings. The van der Waals surface area contributed by atoms with Crippen molar-refractivity contribution in [3.63, 3.8) is 0 Å². The van der Waals surface area contributed by atoms with E-state index in [0.717, 1.165) is 18.0 Å². The Hall–Kier alpha value is -2.45. The van der Waals surface area contributed by atoms with Gasteiger partial charge >= 0.3 is 0 Å². The summed E-state index contributed by atoms with van der Waals surface area (Å²) in [7, 11) is 0. The lowest BCUT2D eigenvalue weighted by Crippen LogP contribution is -2.38. The Morgan fingerprint density at radius 1 is 1.39 bits per heavy atom. The molecule has 2 heterocycles. The molecule has 1 unspecified atom stereocenters. The normalized spacial score (nSPS) is 12.0. The van der Waals surface area contributed by atoms with Crippen molar-refractivity contribution in [3.05, 3.63) is 52.1 Å². The monoisotopic (exact) mass is 415 g/mol. The van der Waals surface area contributed by atoms with Crippen LogP contribution in [0.2, 0.25) is 0 Å². The zero-order valence-corrected chi connectivity index (χ0v) is 17.9. The lowest BCUT2D eigenvalue weighted by Gasteiger charge is -2.24. The number of H-pyrrole nitrogens is 1. The van der Waals surface area contributed by atoms with Crippen LogP contribution in [-0.4, -0.2) is 40.3 Å². The molecule has 2 aromatic heterocycles. The fraction of sp³-hybridized carbons (Fsp3) is 0.350. The van der Waals surface area contributed by atoms with Gasteiger partial charge in [-0.25, -0.2) is 0 Å². The molecular formula is C20H25N5OS2. The molecule has 0 radical (unpaired) electrons. The van der Waals surface area contributed by atoms with E-state index in [4.69, 9.17) is 12.2 Å². The second kappa shape index (κ2) is 9.16. The van der Waals surface area contributed by atoms with Crippen molar-refractivity contribution in [1.82, 2.24) is 20.1 Å². The minimum Gasteiger partial charge on any atom is -0.370 e. The summed E-state index contributed by atoms with van der Waals surface area (Å²) >= 11 is 6.92. The van der Waals surface area contributed by atoms with Crippen molar-refractivity contribution in [2.75, 3.05) is 24.5 Å². The third-order valence-electron chi connectivity index (χ3n) is 4.64. The average Bonchev–Trinajstić information content (AvgIpc) is 3.34. The summed E-state index contributed by atoms with van der Waals surface area (Å²) in [4.78, 5) is 16.0. The summed E-state index contributed by atoms with van der Waals surface area (Å²) in [6, 6.07) is 11.9. The first-order valence-electron chi connectivity index (χ1n) is 9.31. The number of aromatic nitrogens is 3. The number of rotatable bonds is 8. The number of aromatic amines is 1. The molecule has 0 aliphatic carbocycles. The Morgan fingerprint density at radius 3 is 2.89 bits per heavy atom. The van der Waals surface area contributed by atoms with Gasteiger partial charge in [-0.15, -0.1) is 11.3 Å². The Balaban J connectivity index is 1.64. The minimum absolute atomic E-state index is 0.0735. The third-order valence-corrected chi connectivity index (χ3v) is 5.80. The third kappa shape index (κ3) is 4.51. The predicted octanol–water partition coefficient (Wildman–Crippen LogP) is 4.18. The van der Waals surface area contributed by atoms with Crippen LogP contribution in [0, 0.1) is 11.7 Å².